The molecule has 5 nitrogen and oxygen atoms in total. The summed E-state index contributed by atoms with van der Waals surface area (Å²) < 4.78 is 12.5. The Hall–Kier alpha value is -2.78. The van der Waals surface area contributed by atoms with E-state index < -0.39 is 0 Å². The van der Waals surface area contributed by atoms with Crippen LogP contribution in [0.15, 0.2) is 52.5 Å². The molecule has 0 saturated heterocycles. The maximum absolute atomic E-state index is 12.5. The normalized spacial score (nSPS) is 14.2. The van der Waals surface area contributed by atoms with Crippen LogP contribution in [-0.2, 0) is 11.4 Å². The maximum Gasteiger partial charge on any atom is 0.262 e. The van der Waals surface area contributed by atoms with Crippen LogP contribution in [0.5, 0.6) is 11.5 Å². The number of ether oxygens (including phenoxy) is 2. The van der Waals surface area contributed by atoms with E-state index in [0.717, 1.165) is 31.2 Å². The minimum atomic E-state index is -0.331. The third-order valence-corrected chi connectivity index (χ3v) is 5.51. The lowest BCUT2D eigenvalue weighted by Crippen LogP contribution is -2.33. The first-order valence-electron chi connectivity index (χ1n) is 10.2. The van der Waals surface area contributed by atoms with Crippen LogP contribution in [-0.4, -0.2) is 18.6 Å². The molecule has 30 heavy (non-hydrogen) atoms. The predicted octanol–water partition coefficient (Wildman–Crippen LogP) is 5.39. The molecule has 3 rings (SSSR count). The average Bonchev–Trinajstić information content (AvgIpc) is 3.25. The van der Waals surface area contributed by atoms with Crippen LogP contribution in [0.4, 0.5) is 0 Å². The second kappa shape index (κ2) is 10.8. The second-order valence-electron chi connectivity index (χ2n) is 7.16. The summed E-state index contributed by atoms with van der Waals surface area (Å²) in [6.45, 7) is 2.77. The van der Waals surface area contributed by atoms with E-state index in [0.29, 0.717) is 34.7 Å². The van der Waals surface area contributed by atoms with Crippen LogP contribution in [0.25, 0.3) is 6.08 Å². The summed E-state index contributed by atoms with van der Waals surface area (Å²) in [5.41, 5.74) is 1.82. The molecule has 1 saturated carbocycles. The molecule has 2 aromatic rings. The van der Waals surface area contributed by atoms with Crippen LogP contribution in [0.3, 0.4) is 0 Å². The number of nitrogens with one attached hydrogen (secondary N) is 1. The topological polar surface area (TPSA) is 71.3 Å². The molecule has 0 aromatic heterocycles. The minimum absolute atomic E-state index is 0.0780. The van der Waals surface area contributed by atoms with Crippen molar-refractivity contribution in [1.82, 2.24) is 5.32 Å². The molecule has 1 aliphatic rings. The van der Waals surface area contributed by atoms with Crippen molar-refractivity contribution in [2.24, 2.45) is 0 Å². The molecule has 0 bridgehead atoms. The summed E-state index contributed by atoms with van der Waals surface area (Å²) in [5.74, 6) is 0.817. The van der Waals surface area contributed by atoms with Crippen LogP contribution >= 0.6 is 15.9 Å². The molecule has 0 unspecified atom stereocenters. The Morgan fingerprint density at radius 1 is 1.23 bits per heavy atom. The Bertz CT molecular complexity index is 945. The van der Waals surface area contributed by atoms with Gasteiger partial charge in [0, 0.05) is 6.04 Å². The molecule has 1 amide bonds. The SMILES string of the molecule is CCOc1cc(/C=C(/C#N)C(=O)NC2CCCC2)cc(Br)c1OCc1ccccc1. The van der Waals surface area contributed by atoms with Gasteiger partial charge in [0.15, 0.2) is 11.5 Å². The highest BCUT2D eigenvalue weighted by molar-refractivity contribution is 9.10. The Kier molecular flexibility index (Phi) is 7.92. The molecule has 2 aromatic carbocycles. The fourth-order valence-corrected chi connectivity index (χ4v) is 4.03. The van der Waals surface area contributed by atoms with Crippen molar-refractivity contribution in [3.63, 3.8) is 0 Å². The molecule has 0 heterocycles. The van der Waals surface area contributed by atoms with Gasteiger partial charge in [0.05, 0.1) is 11.1 Å². The van der Waals surface area contributed by atoms with Crippen molar-refractivity contribution in [3.8, 4) is 17.6 Å². The highest BCUT2D eigenvalue weighted by Gasteiger charge is 2.20. The van der Waals surface area contributed by atoms with Gasteiger partial charge in [-0.05, 0) is 65.0 Å². The number of hydrogen-bond donors (Lipinski definition) is 1. The van der Waals surface area contributed by atoms with Gasteiger partial charge in [0.25, 0.3) is 5.91 Å². The monoisotopic (exact) mass is 468 g/mol. The molecule has 6 heteroatoms. The van der Waals surface area contributed by atoms with E-state index in [1.165, 1.54) is 0 Å². The first kappa shape index (κ1) is 21.9. The highest BCUT2D eigenvalue weighted by atomic mass is 79.9. The Morgan fingerprint density at radius 3 is 2.63 bits per heavy atom. The fourth-order valence-electron chi connectivity index (χ4n) is 3.45. The van der Waals surface area contributed by atoms with Crippen molar-refractivity contribution < 1.29 is 14.3 Å². The number of benzene rings is 2. The summed E-state index contributed by atoms with van der Waals surface area (Å²) in [4.78, 5) is 12.5. The third-order valence-electron chi connectivity index (χ3n) is 4.92. The number of rotatable bonds is 8. The second-order valence-corrected chi connectivity index (χ2v) is 8.02. The van der Waals surface area contributed by atoms with Crippen molar-refractivity contribution in [3.05, 3.63) is 63.6 Å². The van der Waals surface area contributed by atoms with E-state index in [1.54, 1.807) is 12.1 Å². The van der Waals surface area contributed by atoms with Crippen molar-refractivity contribution in [1.29, 1.82) is 5.26 Å². The molecule has 0 atom stereocenters. The molecule has 0 aliphatic heterocycles. The van der Waals surface area contributed by atoms with Crippen molar-refractivity contribution in [2.75, 3.05) is 6.61 Å². The van der Waals surface area contributed by atoms with E-state index in [2.05, 4.69) is 21.2 Å². The molecule has 1 aliphatic carbocycles. The van der Waals surface area contributed by atoms with E-state index >= 15 is 0 Å². The highest BCUT2D eigenvalue weighted by Crippen LogP contribution is 2.38. The van der Waals surface area contributed by atoms with Crippen LogP contribution in [0.1, 0.15) is 43.7 Å². The van der Waals surface area contributed by atoms with E-state index in [-0.39, 0.29) is 17.5 Å². The summed E-state index contributed by atoms with van der Waals surface area (Å²) in [6.07, 6.45) is 5.76. The largest absolute Gasteiger partial charge is 0.490 e. The number of hydrogen-bond acceptors (Lipinski definition) is 4. The lowest BCUT2D eigenvalue weighted by atomic mass is 10.1. The molecule has 1 N–H and O–H groups in total. The molecular weight excluding hydrogens is 444 g/mol. The van der Waals surface area contributed by atoms with Crippen LogP contribution in [0.2, 0.25) is 0 Å². The van der Waals surface area contributed by atoms with Gasteiger partial charge < -0.3 is 14.8 Å². The molecule has 0 radical (unpaired) electrons. The smallest absolute Gasteiger partial charge is 0.262 e. The Morgan fingerprint density at radius 2 is 1.97 bits per heavy atom. The van der Waals surface area contributed by atoms with Gasteiger partial charge in [-0.15, -0.1) is 0 Å². The number of carbonyl (C=O) groups is 1. The summed E-state index contributed by atoms with van der Waals surface area (Å²) in [7, 11) is 0. The van der Waals surface area contributed by atoms with Gasteiger partial charge in [-0.1, -0.05) is 43.2 Å². The third kappa shape index (κ3) is 5.87. The zero-order valence-electron chi connectivity index (χ0n) is 17.0. The summed E-state index contributed by atoms with van der Waals surface area (Å²) in [6, 6.07) is 15.7. The van der Waals surface area contributed by atoms with Gasteiger partial charge >= 0.3 is 0 Å². The zero-order chi connectivity index (χ0) is 21.3. The Balaban J connectivity index is 1.81. The van der Waals surface area contributed by atoms with Crippen molar-refractivity contribution in [2.45, 2.75) is 45.3 Å². The summed E-state index contributed by atoms with van der Waals surface area (Å²) >= 11 is 3.54. The van der Waals surface area contributed by atoms with Gasteiger partial charge in [-0.3, -0.25) is 4.79 Å². The zero-order valence-corrected chi connectivity index (χ0v) is 18.6. The average molecular weight is 469 g/mol. The number of halogens is 1. The number of amides is 1. The quantitative estimate of drug-likeness (QED) is 0.416. The van der Waals surface area contributed by atoms with Gasteiger partial charge in [0.1, 0.15) is 18.2 Å². The standard InChI is InChI=1S/C24H25BrN2O3/c1-2-29-22-14-18(12-19(15-26)24(28)27-20-10-6-7-11-20)13-21(25)23(22)30-16-17-8-4-3-5-9-17/h3-5,8-9,12-14,20H,2,6-7,10-11,16H2,1H3,(H,27,28)/b19-12-. The molecular formula is C24H25BrN2O3. The van der Waals surface area contributed by atoms with Gasteiger partial charge in [-0.2, -0.15) is 5.26 Å². The summed E-state index contributed by atoms with van der Waals surface area (Å²) in [5, 5.41) is 12.4. The molecule has 156 valence electrons. The van der Waals surface area contributed by atoms with Crippen LogP contribution < -0.4 is 14.8 Å². The lowest BCUT2D eigenvalue weighted by molar-refractivity contribution is -0.117. The first-order chi connectivity index (χ1) is 14.6. The number of nitrogens with zero attached hydrogens (tertiary/aromatic N) is 1. The van der Waals surface area contributed by atoms with E-state index in [1.807, 2.05) is 49.4 Å². The maximum atomic E-state index is 12.5. The fraction of sp³-hybridized carbons (Fsp3) is 0.333. The Labute approximate surface area is 185 Å². The number of nitriles is 1. The predicted molar refractivity (Wildman–Crippen MR) is 120 cm³/mol. The van der Waals surface area contributed by atoms with E-state index in [9.17, 15) is 10.1 Å². The molecule has 0 spiro atoms. The first-order valence-corrected chi connectivity index (χ1v) is 11.0. The van der Waals surface area contributed by atoms with Gasteiger partial charge in [-0.25, -0.2) is 0 Å². The van der Waals surface area contributed by atoms with Crippen LogP contribution in [0, 0.1) is 11.3 Å². The van der Waals surface area contributed by atoms with Gasteiger partial charge in [0.2, 0.25) is 0 Å². The molecule has 1 fully saturated rings. The van der Waals surface area contributed by atoms with Crippen molar-refractivity contribution >= 4 is 27.9 Å². The minimum Gasteiger partial charge on any atom is -0.490 e. The number of carbonyl (C=O) groups excluding carboxylic acids is 1. The lowest BCUT2D eigenvalue weighted by Gasteiger charge is -2.15. The van der Waals surface area contributed by atoms with E-state index in [4.69, 9.17) is 9.47 Å².